The van der Waals surface area contributed by atoms with Crippen LogP contribution >= 0.6 is 23.1 Å². The Morgan fingerprint density at radius 1 is 1.02 bits per heavy atom. The molecule has 0 aliphatic carbocycles. The van der Waals surface area contributed by atoms with Crippen LogP contribution in [0.25, 0.3) is 5.76 Å². The van der Waals surface area contributed by atoms with E-state index in [-0.39, 0.29) is 27.8 Å². The van der Waals surface area contributed by atoms with Gasteiger partial charge in [-0.1, -0.05) is 54.3 Å². The SMILES string of the molecule is CCCOc1ccc(C2/C(=C(\O)c3ccc4c(c3)OCCO4)C(=O)C(=O)N2c2nnc(SCc3ccccc3F)s2)cc1OCC. The van der Waals surface area contributed by atoms with Crippen molar-refractivity contribution in [2.24, 2.45) is 0 Å². The van der Waals surface area contributed by atoms with Gasteiger partial charge in [-0.25, -0.2) is 4.39 Å². The number of rotatable bonds is 11. The van der Waals surface area contributed by atoms with Crippen molar-refractivity contribution in [2.75, 3.05) is 31.3 Å². The fraction of sp³-hybridized carbons (Fsp3) is 0.273. The second-order valence-electron chi connectivity index (χ2n) is 10.2. The minimum Gasteiger partial charge on any atom is -0.507 e. The largest absolute Gasteiger partial charge is 0.507 e. The van der Waals surface area contributed by atoms with Crippen molar-refractivity contribution < 1.29 is 38.0 Å². The summed E-state index contributed by atoms with van der Waals surface area (Å²) in [5, 5.41) is 20.3. The second-order valence-corrected chi connectivity index (χ2v) is 12.4. The van der Waals surface area contributed by atoms with E-state index in [4.69, 9.17) is 18.9 Å². The Labute approximate surface area is 272 Å². The average molecular weight is 664 g/mol. The van der Waals surface area contributed by atoms with E-state index in [1.54, 1.807) is 54.6 Å². The Balaban J connectivity index is 1.43. The predicted molar refractivity (Wildman–Crippen MR) is 171 cm³/mol. The van der Waals surface area contributed by atoms with E-state index in [9.17, 15) is 19.1 Å². The molecule has 1 fully saturated rings. The van der Waals surface area contributed by atoms with Crippen LogP contribution < -0.4 is 23.8 Å². The first-order valence-electron chi connectivity index (χ1n) is 14.7. The molecule has 1 unspecified atom stereocenters. The lowest BCUT2D eigenvalue weighted by Gasteiger charge is -2.24. The molecule has 1 aromatic heterocycles. The van der Waals surface area contributed by atoms with E-state index in [0.29, 0.717) is 70.6 Å². The van der Waals surface area contributed by atoms with Crippen LogP contribution in [0, 0.1) is 5.82 Å². The topological polar surface area (TPSA) is 120 Å². The Hall–Kier alpha value is -4.62. The average Bonchev–Trinajstić information content (AvgIpc) is 3.64. The molecule has 13 heteroatoms. The summed E-state index contributed by atoms with van der Waals surface area (Å²) in [6.45, 7) is 5.38. The maximum Gasteiger partial charge on any atom is 0.301 e. The number of benzene rings is 3. The van der Waals surface area contributed by atoms with Gasteiger partial charge in [0.25, 0.3) is 5.78 Å². The van der Waals surface area contributed by atoms with Gasteiger partial charge in [0, 0.05) is 11.3 Å². The van der Waals surface area contributed by atoms with Crippen molar-refractivity contribution in [3.05, 3.63) is 88.7 Å². The number of hydrogen-bond donors (Lipinski definition) is 1. The number of fused-ring (bicyclic) bond motifs is 1. The van der Waals surface area contributed by atoms with Gasteiger partial charge in [0.2, 0.25) is 5.13 Å². The van der Waals surface area contributed by atoms with Gasteiger partial charge < -0.3 is 24.1 Å². The number of aliphatic hydroxyl groups is 1. The molecule has 0 saturated carbocycles. The number of halogens is 1. The molecule has 238 valence electrons. The minimum atomic E-state index is -1.08. The van der Waals surface area contributed by atoms with Gasteiger partial charge in [0.05, 0.1) is 24.8 Å². The second kappa shape index (κ2) is 13.8. The first kappa shape index (κ1) is 31.4. The maximum absolute atomic E-state index is 14.2. The molecular formula is C33H30FN3O7S2. The van der Waals surface area contributed by atoms with Gasteiger partial charge in [-0.2, -0.15) is 0 Å². The normalized spacial score (nSPS) is 16.9. The highest BCUT2D eigenvalue weighted by Crippen LogP contribution is 2.46. The standard InChI is InChI=1S/C33H30FN3O7S2/c1-3-13-42-23-11-9-19(16-25(23)41-4-2)28-27(29(38)20-10-12-24-26(17-20)44-15-14-43-24)30(39)31(40)37(28)32-35-36-33(46-32)45-18-21-7-5-6-8-22(21)34/h5-12,16-17,28,38H,3-4,13-15,18H2,1-2H3/b29-27+. The fourth-order valence-electron chi connectivity index (χ4n) is 5.10. The summed E-state index contributed by atoms with van der Waals surface area (Å²) in [5.74, 6) is -0.323. The summed E-state index contributed by atoms with van der Waals surface area (Å²) in [6.07, 6.45) is 0.789. The summed E-state index contributed by atoms with van der Waals surface area (Å²) in [6, 6.07) is 15.3. The summed E-state index contributed by atoms with van der Waals surface area (Å²) < 4.78 is 37.7. The number of Topliss-reactive ketones (excluding diaryl/α,β-unsaturated/α-hetero) is 1. The minimum absolute atomic E-state index is 0.137. The number of hydrogen-bond acceptors (Lipinski definition) is 11. The highest BCUT2D eigenvalue weighted by molar-refractivity contribution is 8.00. The van der Waals surface area contributed by atoms with Gasteiger partial charge in [0.1, 0.15) is 24.8 Å². The molecule has 3 heterocycles. The fourth-order valence-corrected chi connectivity index (χ4v) is 6.95. The van der Waals surface area contributed by atoms with Crippen LogP contribution in [0.2, 0.25) is 0 Å². The Morgan fingerprint density at radius 2 is 1.83 bits per heavy atom. The summed E-state index contributed by atoms with van der Waals surface area (Å²) in [4.78, 5) is 28.7. The molecule has 0 spiro atoms. The zero-order chi connectivity index (χ0) is 32.2. The van der Waals surface area contributed by atoms with Gasteiger partial charge in [-0.15, -0.1) is 10.2 Å². The number of ether oxygens (including phenoxy) is 4. The molecule has 2 aliphatic heterocycles. The number of carbonyl (C=O) groups excluding carboxylic acids is 2. The zero-order valence-electron chi connectivity index (χ0n) is 25.0. The maximum atomic E-state index is 14.2. The first-order chi connectivity index (χ1) is 22.4. The van der Waals surface area contributed by atoms with E-state index in [1.165, 1.54) is 22.7 Å². The molecule has 6 rings (SSSR count). The third-order valence-electron chi connectivity index (χ3n) is 7.22. The lowest BCUT2D eigenvalue weighted by atomic mass is 9.95. The van der Waals surface area contributed by atoms with Crippen molar-refractivity contribution in [2.45, 2.75) is 36.4 Å². The summed E-state index contributed by atoms with van der Waals surface area (Å²) in [5.41, 5.74) is 1.13. The van der Waals surface area contributed by atoms with Gasteiger partial charge in [-0.05, 0) is 60.9 Å². The van der Waals surface area contributed by atoms with E-state index in [0.717, 1.165) is 17.8 Å². The van der Waals surface area contributed by atoms with Gasteiger partial charge in [0.15, 0.2) is 27.3 Å². The number of aromatic nitrogens is 2. The van der Waals surface area contributed by atoms with E-state index in [2.05, 4.69) is 10.2 Å². The lowest BCUT2D eigenvalue weighted by Crippen LogP contribution is -2.29. The van der Waals surface area contributed by atoms with Crippen LogP contribution in [-0.2, 0) is 15.3 Å². The molecule has 46 heavy (non-hydrogen) atoms. The van der Waals surface area contributed by atoms with Crippen molar-refractivity contribution in [1.29, 1.82) is 0 Å². The van der Waals surface area contributed by atoms with Crippen LogP contribution in [0.5, 0.6) is 23.0 Å². The third kappa shape index (κ3) is 6.24. The van der Waals surface area contributed by atoms with Crippen molar-refractivity contribution in [3.63, 3.8) is 0 Å². The summed E-state index contributed by atoms with van der Waals surface area (Å²) >= 11 is 2.35. The number of nitrogens with zero attached hydrogens (tertiary/aromatic N) is 3. The Bertz CT molecular complexity index is 1810. The highest BCUT2D eigenvalue weighted by atomic mass is 32.2. The molecule has 4 aromatic rings. The number of aliphatic hydroxyl groups excluding tert-OH is 1. The lowest BCUT2D eigenvalue weighted by molar-refractivity contribution is -0.132. The van der Waals surface area contributed by atoms with Crippen LogP contribution in [0.4, 0.5) is 9.52 Å². The number of thioether (sulfide) groups is 1. The third-order valence-corrected chi connectivity index (χ3v) is 9.32. The molecule has 0 radical (unpaired) electrons. The molecule has 1 amide bonds. The zero-order valence-corrected chi connectivity index (χ0v) is 26.7. The Kier molecular flexibility index (Phi) is 9.41. The van der Waals surface area contributed by atoms with Crippen LogP contribution in [0.3, 0.4) is 0 Å². The van der Waals surface area contributed by atoms with Crippen molar-refractivity contribution in [3.8, 4) is 23.0 Å². The monoisotopic (exact) mass is 663 g/mol. The molecule has 1 N–H and O–H groups in total. The number of amides is 1. The van der Waals surface area contributed by atoms with E-state index < -0.39 is 17.7 Å². The Morgan fingerprint density at radius 3 is 2.61 bits per heavy atom. The molecule has 1 atom stereocenters. The van der Waals surface area contributed by atoms with E-state index >= 15 is 0 Å². The van der Waals surface area contributed by atoms with Crippen LogP contribution in [0.1, 0.15) is 43.0 Å². The summed E-state index contributed by atoms with van der Waals surface area (Å²) in [7, 11) is 0. The van der Waals surface area contributed by atoms with Crippen LogP contribution in [-0.4, -0.2) is 53.4 Å². The highest BCUT2D eigenvalue weighted by Gasteiger charge is 2.48. The molecule has 0 bridgehead atoms. The van der Waals surface area contributed by atoms with Crippen molar-refractivity contribution in [1.82, 2.24) is 10.2 Å². The number of ketones is 1. The number of carbonyl (C=O) groups is 2. The van der Waals surface area contributed by atoms with Crippen LogP contribution in [0.15, 0.2) is 70.6 Å². The smallest absolute Gasteiger partial charge is 0.301 e. The predicted octanol–water partition coefficient (Wildman–Crippen LogP) is 6.55. The van der Waals surface area contributed by atoms with E-state index in [1.807, 2.05) is 13.8 Å². The molecular weight excluding hydrogens is 634 g/mol. The molecule has 3 aromatic carbocycles. The molecule has 10 nitrogen and oxygen atoms in total. The molecule has 2 aliphatic rings. The number of anilines is 1. The van der Waals surface area contributed by atoms with Gasteiger partial charge in [-0.3, -0.25) is 14.5 Å². The van der Waals surface area contributed by atoms with Gasteiger partial charge >= 0.3 is 5.91 Å². The quantitative estimate of drug-likeness (QED) is 0.0622. The first-order valence-corrected chi connectivity index (χ1v) is 16.5. The van der Waals surface area contributed by atoms with Crippen molar-refractivity contribution >= 4 is 45.7 Å². The molecule has 1 saturated heterocycles.